The second-order valence-corrected chi connectivity index (χ2v) is 7.40. The third-order valence-corrected chi connectivity index (χ3v) is 4.88. The maximum atomic E-state index is 13.9. The van der Waals surface area contributed by atoms with Crippen molar-refractivity contribution in [3.63, 3.8) is 0 Å². The molecule has 29 heavy (non-hydrogen) atoms. The Bertz CT molecular complexity index is 1080. The summed E-state index contributed by atoms with van der Waals surface area (Å²) in [6.45, 7) is 4.57. The molecule has 1 aromatic carbocycles. The zero-order valence-electron chi connectivity index (χ0n) is 16.3. The van der Waals surface area contributed by atoms with Crippen LogP contribution < -0.4 is 10.6 Å². The number of aromatic amines is 1. The lowest BCUT2D eigenvalue weighted by molar-refractivity contribution is 0.0942. The zero-order chi connectivity index (χ0) is 20.5. The van der Waals surface area contributed by atoms with E-state index < -0.39 is 11.7 Å². The van der Waals surface area contributed by atoms with Crippen LogP contribution in [0.15, 0.2) is 36.5 Å². The lowest BCUT2D eigenvalue weighted by Gasteiger charge is -2.06. The Labute approximate surface area is 167 Å². The molecule has 3 aromatic rings. The fourth-order valence-corrected chi connectivity index (χ4v) is 3.55. The standard InChI is InChI=1S/C21H22FN5O2/c1-12(2)23-20(28)13-10-17-18-15(7-5-9-27(17)11-13)19(26-25-18)24-21(29)14-6-3-4-8-16(14)22/h3-4,6,8,10-12H,5,7,9H2,1-2H3,(H,23,28)(H2,24,25,26,29). The van der Waals surface area contributed by atoms with Gasteiger partial charge in [0.1, 0.15) is 5.82 Å². The number of halogens is 1. The van der Waals surface area contributed by atoms with E-state index in [2.05, 4.69) is 20.8 Å². The van der Waals surface area contributed by atoms with Crippen LogP contribution in [0, 0.1) is 5.82 Å². The first kappa shape index (κ1) is 18.9. The Kier molecular flexibility index (Phi) is 4.92. The number of hydrogen-bond acceptors (Lipinski definition) is 3. The van der Waals surface area contributed by atoms with Gasteiger partial charge in [-0.2, -0.15) is 5.10 Å². The van der Waals surface area contributed by atoms with E-state index in [-0.39, 0.29) is 17.5 Å². The molecule has 0 atom stereocenters. The number of nitrogens with one attached hydrogen (secondary N) is 3. The van der Waals surface area contributed by atoms with E-state index in [1.54, 1.807) is 6.07 Å². The van der Waals surface area contributed by atoms with Gasteiger partial charge >= 0.3 is 0 Å². The Hall–Kier alpha value is -3.42. The highest BCUT2D eigenvalue weighted by Crippen LogP contribution is 2.33. The Morgan fingerprint density at radius 2 is 2.03 bits per heavy atom. The fraction of sp³-hybridized carbons (Fsp3) is 0.286. The summed E-state index contributed by atoms with van der Waals surface area (Å²) in [5, 5.41) is 12.8. The number of fused-ring (bicyclic) bond motifs is 3. The predicted molar refractivity (Wildman–Crippen MR) is 107 cm³/mol. The third kappa shape index (κ3) is 3.65. The van der Waals surface area contributed by atoms with Crippen molar-refractivity contribution in [1.82, 2.24) is 20.1 Å². The van der Waals surface area contributed by atoms with Gasteiger partial charge in [-0.15, -0.1) is 0 Å². The quantitative estimate of drug-likeness (QED) is 0.633. The molecule has 7 nitrogen and oxygen atoms in total. The number of benzene rings is 1. The van der Waals surface area contributed by atoms with Crippen LogP contribution in [-0.2, 0) is 13.0 Å². The molecule has 1 aliphatic rings. The van der Waals surface area contributed by atoms with Gasteiger partial charge in [0.25, 0.3) is 11.8 Å². The average molecular weight is 395 g/mol. The van der Waals surface area contributed by atoms with Crippen LogP contribution in [0.3, 0.4) is 0 Å². The predicted octanol–water partition coefficient (Wildman–Crippen LogP) is 3.35. The Morgan fingerprint density at radius 1 is 1.24 bits per heavy atom. The number of nitrogens with zero attached hydrogens (tertiary/aromatic N) is 2. The number of aryl methyl sites for hydroxylation is 1. The third-order valence-electron chi connectivity index (χ3n) is 4.88. The number of hydrogen-bond donors (Lipinski definition) is 3. The second kappa shape index (κ2) is 7.54. The molecule has 3 heterocycles. The fourth-order valence-electron chi connectivity index (χ4n) is 3.55. The van der Waals surface area contributed by atoms with Crippen molar-refractivity contribution in [3.05, 3.63) is 59.0 Å². The molecule has 0 radical (unpaired) electrons. The van der Waals surface area contributed by atoms with Gasteiger partial charge in [0, 0.05) is 24.3 Å². The molecule has 0 bridgehead atoms. The minimum Gasteiger partial charge on any atom is -0.350 e. The molecule has 4 rings (SSSR count). The van der Waals surface area contributed by atoms with Crippen LogP contribution in [0.4, 0.5) is 10.2 Å². The van der Waals surface area contributed by atoms with Gasteiger partial charge in [0.05, 0.1) is 22.5 Å². The topological polar surface area (TPSA) is 91.8 Å². The summed E-state index contributed by atoms with van der Waals surface area (Å²) in [6.07, 6.45) is 3.36. The monoisotopic (exact) mass is 395 g/mol. The molecule has 2 amide bonds. The number of carbonyl (C=O) groups excluding carboxylic acids is 2. The summed E-state index contributed by atoms with van der Waals surface area (Å²) in [5.74, 6) is -0.874. The van der Waals surface area contributed by atoms with Gasteiger partial charge in [-0.25, -0.2) is 4.39 Å². The Balaban J connectivity index is 1.64. The highest BCUT2D eigenvalue weighted by Gasteiger charge is 2.24. The van der Waals surface area contributed by atoms with Gasteiger partial charge in [0.2, 0.25) is 0 Å². The highest BCUT2D eigenvalue weighted by molar-refractivity contribution is 6.04. The number of amides is 2. The molecule has 0 saturated heterocycles. The Morgan fingerprint density at radius 3 is 2.79 bits per heavy atom. The van der Waals surface area contributed by atoms with Gasteiger partial charge in [-0.3, -0.25) is 14.7 Å². The maximum Gasteiger partial charge on any atom is 0.259 e. The molecule has 0 saturated carbocycles. The van der Waals surface area contributed by atoms with Crippen molar-refractivity contribution in [2.45, 2.75) is 39.3 Å². The molecule has 1 aliphatic heterocycles. The average Bonchev–Trinajstić information content (AvgIpc) is 3.22. The van der Waals surface area contributed by atoms with E-state index in [4.69, 9.17) is 0 Å². The number of anilines is 1. The summed E-state index contributed by atoms with van der Waals surface area (Å²) in [4.78, 5) is 24.9. The molecular weight excluding hydrogens is 373 g/mol. The number of H-pyrrole nitrogens is 1. The summed E-state index contributed by atoms with van der Waals surface area (Å²) in [5.41, 5.74) is 2.99. The number of aromatic nitrogens is 3. The normalized spacial score (nSPS) is 12.8. The molecule has 0 unspecified atom stereocenters. The van der Waals surface area contributed by atoms with Crippen LogP contribution in [-0.4, -0.2) is 32.6 Å². The van der Waals surface area contributed by atoms with Crippen molar-refractivity contribution < 1.29 is 14.0 Å². The molecule has 150 valence electrons. The molecular formula is C21H22FN5O2. The lowest BCUT2D eigenvalue weighted by Crippen LogP contribution is -2.29. The van der Waals surface area contributed by atoms with Crippen LogP contribution in [0.2, 0.25) is 0 Å². The molecule has 8 heteroatoms. The first-order valence-corrected chi connectivity index (χ1v) is 9.58. The van der Waals surface area contributed by atoms with Gasteiger partial charge < -0.3 is 15.2 Å². The van der Waals surface area contributed by atoms with Gasteiger partial charge in [0.15, 0.2) is 5.82 Å². The summed E-state index contributed by atoms with van der Waals surface area (Å²) in [6, 6.07) is 7.69. The second-order valence-electron chi connectivity index (χ2n) is 7.40. The summed E-state index contributed by atoms with van der Waals surface area (Å²) < 4.78 is 15.9. The van der Waals surface area contributed by atoms with Crippen molar-refractivity contribution >= 4 is 17.6 Å². The van der Waals surface area contributed by atoms with Crippen molar-refractivity contribution in [2.75, 3.05) is 5.32 Å². The van der Waals surface area contributed by atoms with Crippen molar-refractivity contribution in [3.8, 4) is 11.4 Å². The zero-order valence-corrected chi connectivity index (χ0v) is 16.3. The van der Waals surface area contributed by atoms with Crippen LogP contribution in [0.1, 0.15) is 46.5 Å². The van der Waals surface area contributed by atoms with Crippen molar-refractivity contribution in [2.24, 2.45) is 0 Å². The van der Waals surface area contributed by atoms with E-state index in [0.717, 1.165) is 29.9 Å². The van der Waals surface area contributed by atoms with E-state index in [0.29, 0.717) is 17.8 Å². The van der Waals surface area contributed by atoms with Crippen LogP contribution in [0.25, 0.3) is 11.4 Å². The van der Waals surface area contributed by atoms with Gasteiger partial charge in [-0.1, -0.05) is 12.1 Å². The smallest absolute Gasteiger partial charge is 0.259 e. The molecule has 0 fully saturated rings. The van der Waals surface area contributed by atoms with Crippen LogP contribution in [0.5, 0.6) is 0 Å². The molecule has 0 spiro atoms. The minimum absolute atomic E-state index is 0.0334. The summed E-state index contributed by atoms with van der Waals surface area (Å²) in [7, 11) is 0. The van der Waals surface area contributed by atoms with E-state index in [1.807, 2.05) is 30.7 Å². The van der Waals surface area contributed by atoms with E-state index in [9.17, 15) is 14.0 Å². The van der Waals surface area contributed by atoms with Crippen molar-refractivity contribution in [1.29, 1.82) is 0 Å². The maximum absolute atomic E-state index is 13.9. The summed E-state index contributed by atoms with van der Waals surface area (Å²) >= 11 is 0. The number of carbonyl (C=O) groups is 2. The molecule has 0 aliphatic carbocycles. The van der Waals surface area contributed by atoms with Gasteiger partial charge in [-0.05, 0) is 44.9 Å². The molecule has 2 aromatic heterocycles. The first-order chi connectivity index (χ1) is 13.9. The highest BCUT2D eigenvalue weighted by atomic mass is 19.1. The lowest BCUT2D eigenvalue weighted by atomic mass is 10.1. The largest absolute Gasteiger partial charge is 0.350 e. The van der Waals surface area contributed by atoms with E-state index >= 15 is 0 Å². The van der Waals surface area contributed by atoms with E-state index in [1.165, 1.54) is 18.2 Å². The first-order valence-electron chi connectivity index (χ1n) is 9.58. The molecule has 3 N–H and O–H groups in total. The SMILES string of the molecule is CC(C)NC(=O)c1cc2n(c1)CCCc1c(NC(=O)c3ccccc3F)n[nH]c1-2. The number of rotatable bonds is 4. The minimum atomic E-state index is -0.582. The van der Waals surface area contributed by atoms with Crippen LogP contribution >= 0.6 is 0 Å².